The van der Waals surface area contributed by atoms with Crippen LogP contribution in [0.15, 0.2) is 0 Å². The summed E-state index contributed by atoms with van der Waals surface area (Å²) in [6.07, 6.45) is 5.72. The van der Waals surface area contributed by atoms with Crippen LogP contribution in [0.2, 0.25) is 0 Å². The van der Waals surface area contributed by atoms with E-state index in [0.717, 1.165) is 18.5 Å². The van der Waals surface area contributed by atoms with Gasteiger partial charge in [0.25, 0.3) is 0 Å². The number of hydrogen-bond acceptors (Lipinski definition) is 3. The molecular formula is C10H15N3O2. The Bertz CT molecular complexity index is 367. The van der Waals surface area contributed by atoms with Gasteiger partial charge in [0, 0.05) is 13.0 Å². The number of aryl methyl sites for hydroxylation is 1. The van der Waals surface area contributed by atoms with Crippen LogP contribution in [0.3, 0.4) is 0 Å². The second-order valence-corrected chi connectivity index (χ2v) is 4.09. The predicted molar refractivity (Wildman–Crippen MR) is 53.8 cm³/mol. The fourth-order valence-corrected chi connectivity index (χ4v) is 2.35. The number of hydrogen-bond donors (Lipinski definition) is 1. The summed E-state index contributed by atoms with van der Waals surface area (Å²) in [5, 5.41) is 16.5. The third-order valence-electron chi connectivity index (χ3n) is 3.06. The largest absolute Gasteiger partial charge is 0.476 e. The van der Waals surface area contributed by atoms with Crippen molar-refractivity contribution in [1.82, 2.24) is 15.0 Å². The minimum Gasteiger partial charge on any atom is -0.476 e. The second-order valence-electron chi connectivity index (χ2n) is 4.09. The molecule has 0 amide bonds. The fourth-order valence-electron chi connectivity index (χ4n) is 2.35. The van der Waals surface area contributed by atoms with Gasteiger partial charge in [-0.25, -0.2) is 4.79 Å². The van der Waals surface area contributed by atoms with Gasteiger partial charge >= 0.3 is 5.97 Å². The Morgan fingerprint density at radius 1 is 1.40 bits per heavy atom. The normalized spacial score (nSPS) is 17.9. The third kappa shape index (κ3) is 1.86. The number of aromatic carboxylic acids is 1. The van der Waals surface area contributed by atoms with Crippen LogP contribution in [0.5, 0.6) is 0 Å². The first-order valence-corrected chi connectivity index (χ1v) is 5.33. The molecule has 0 aliphatic heterocycles. The molecular weight excluding hydrogens is 194 g/mol. The quantitative estimate of drug-likeness (QED) is 0.802. The second kappa shape index (κ2) is 4.00. The van der Waals surface area contributed by atoms with Crippen molar-refractivity contribution in [3.8, 4) is 0 Å². The maximum Gasteiger partial charge on any atom is 0.358 e. The Labute approximate surface area is 88.1 Å². The van der Waals surface area contributed by atoms with Gasteiger partial charge in [-0.3, -0.25) is 4.68 Å². The van der Waals surface area contributed by atoms with E-state index in [2.05, 4.69) is 10.3 Å². The highest BCUT2D eigenvalue weighted by molar-refractivity contribution is 5.86. The smallest absolute Gasteiger partial charge is 0.358 e. The van der Waals surface area contributed by atoms with Gasteiger partial charge in [0.1, 0.15) is 0 Å². The highest BCUT2D eigenvalue weighted by Gasteiger charge is 2.26. The molecule has 15 heavy (non-hydrogen) atoms. The van der Waals surface area contributed by atoms with Crippen LogP contribution >= 0.6 is 0 Å². The fraction of sp³-hybridized carbons (Fsp3) is 0.700. The Morgan fingerprint density at radius 3 is 2.67 bits per heavy atom. The number of carboxylic acid groups (broad SMARTS) is 1. The lowest BCUT2D eigenvalue weighted by Gasteiger charge is -2.21. The number of carboxylic acids is 1. The zero-order valence-electron chi connectivity index (χ0n) is 8.81. The highest BCUT2D eigenvalue weighted by atomic mass is 16.4. The van der Waals surface area contributed by atoms with Crippen molar-refractivity contribution in [1.29, 1.82) is 0 Å². The van der Waals surface area contributed by atoms with Crippen molar-refractivity contribution in [2.45, 2.75) is 38.0 Å². The molecule has 0 spiro atoms. The Hall–Kier alpha value is -1.39. The molecule has 82 valence electrons. The Morgan fingerprint density at radius 2 is 2.07 bits per heavy atom. The summed E-state index contributed by atoms with van der Waals surface area (Å²) in [7, 11) is 1.77. The molecule has 5 nitrogen and oxygen atoms in total. The van der Waals surface area contributed by atoms with Gasteiger partial charge in [0.15, 0.2) is 5.69 Å². The number of aromatic nitrogens is 3. The maximum absolute atomic E-state index is 11.0. The van der Waals surface area contributed by atoms with Crippen LogP contribution in [0.1, 0.15) is 54.2 Å². The summed E-state index contributed by atoms with van der Waals surface area (Å²) >= 11 is 0. The van der Waals surface area contributed by atoms with E-state index in [1.807, 2.05) is 0 Å². The molecule has 0 unspecified atom stereocenters. The lowest BCUT2D eigenvalue weighted by Crippen LogP contribution is -2.13. The van der Waals surface area contributed by atoms with E-state index in [1.54, 1.807) is 11.7 Å². The molecule has 1 aromatic heterocycles. The first-order valence-electron chi connectivity index (χ1n) is 5.33. The van der Waals surface area contributed by atoms with E-state index in [0.29, 0.717) is 5.92 Å². The monoisotopic (exact) mass is 209 g/mol. The molecule has 0 saturated heterocycles. The topological polar surface area (TPSA) is 68.0 Å². The molecule has 5 heteroatoms. The van der Waals surface area contributed by atoms with Crippen LogP contribution in [0.4, 0.5) is 0 Å². The highest BCUT2D eigenvalue weighted by Crippen LogP contribution is 2.33. The third-order valence-corrected chi connectivity index (χ3v) is 3.06. The van der Waals surface area contributed by atoms with Gasteiger partial charge in [-0.15, -0.1) is 5.10 Å². The van der Waals surface area contributed by atoms with Gasteiger partial charge in [0.05, 0.1) is 5.69 Å². The van der Waals surface area contributed by atoms with Crippen molar-refractivity contribution < 1.29 is 9.90 Å². The number of rotatable bonds is 2. The summed E-state index contributed by atoms with van der Waals surface area (Å²) < 4.78 is 1.61. The molecule has 0 aromatic carbocycles. The van der Waals surface area contributed by atoms with Gasteiger partial charge in [-0.1, -0.05) is 24.5 Å². The molecule has 0 atom stereocenters. The van der Waals surface area contributed by atoms with Crippen molar-refractivity contribution in [2.24, 2.45) is 7.05 Å². The minimum atomic E-state index is -0.969. The van der Waals surface area contributed by atoms with Gasteiger partial charge in [0.2, 0.25) is 0 Å². The lowest BCUT2D eigenvalue weighted by molar-refractivity contribution is 0.0688. The zero-order chi connectivity index (χ0) is 10.8. The molecule has 1 aromatic rings. The average Bonchev–Trinajstić information content (AvgIpc) is 2.61. The Balaban J connectivity index is 2.32. The van der Waals surface area contributed by atoms with Gasteiger partial charge in [-0.05, 0) is 12.8 Å². The van der Waals surface area contributed by atoms with Crippen molar-refractivity contribution >= 4 is 5.97 Å². The first kappa shape index (κ1) is 10.1. The summed E-state index contributed by atoms with van der Waals surface area (Å²) in [4.78, 5) is 11.0. The van der Waals surface area contributed by atoms with Crippen molar-refractivity contribution in [2.75, 3.05) is 0 Å². The summed E-state index contributed by atoms with van der Waals surface area (Å²) in [6, 6.07) is 0. The SMILES string of the molecule is Cn1nnc(C(=O)O)c1C1CCCCC1. The zero-order valence-corrected chi connectivity index (χ0v) is 8.81. The van der Waals surface area contributed by atoms with E-state index in [4.69, 9.17) is 5.11 Å². The molecule has 0 bridgehead atoms. The molecule has 1 fully saturated rings. The maximum atomic E-state index is 11.0. The van der Waals surface area contributed by atoms with E-state index in [-0.39, 0.29) is 5.69 Å². The van der Waals surface area contributed by atoms with Gasteiger partial charge < -0.3 is 5.11 Å². The van der Waals surface area contributed by atoms with E-state index in [9.17, 15) is 4.79 Å². The molecule has 1 heterocycles. The number of carbonyl (C=O) groups is 1. The van der Waals surface area contributed by atoms with Crippen molar-refractivity contribution in [3.63, 3.8) is 0 Å². The van der Waals surface area contributed by atoms with E-state index >= 15 is 0 Å². The van der Waals surface area contributed by atoms with Crippen molar-refractivity contribution in [3.05, 3.63) is 11.4 Å². The Kier molecular flexibility index (Phi) is 2.70. The molecule has 1 saturated carbocycles. The number of nitrogens with zero attached hydrogens (tertiary/aromatic N) is 3. The van der Waals surface area contributed by atoms with Crippen LogP contribution in [-0.2, 0) is 7.05 Å². The average molecular weight is 209 g/mol. The van der Waals surface area contributed by atoms with E-state index < -0.39 is 5.97 Å². The minimum absolute atomic E-state index is 0.129. The summed E-state index contributed by atoms with van der Waals surface area (Å²) in [5.41, 5.74) is 0.923. The molecule has 1 aliphatic carbocycles. The van der Waals surface area contributed by atoms with E-state index in [1.165, 1.54) is 19.3 Å². The molecule has 2 rings (SSSR count). The lowest BCUT2D eigenvalue weighted by atomic mass is 9.86. The molecule has 0 radical (unpaired) electrons. The van der Waals surface area contributed by atoms with Crippen LogP contribution < -0.4 is 0 Å². The standard InChI is InChI=1S/C10H15N3O2/c1-13-9(7-5-3-2-4-6-7)8(10(14)15)11-12-13/h7H,2-6H2,1H3,(H,14,15). The molecule has 1 N–H and O–H groups in total. The van der Waals surface area contributed by atoms with Gasteiger partial charge in [-0.2, -0.15) is 0 Å². The summed E-state index contributed by atoms with van der Waals surface area (Å²) in [5.74, 6) is -0.645. The van der Waals surface area contributed by atoms with Crippen LogP contribution in [0.25, 0.3) is 0 Å². The predicted octanol–water partition coefficient (Wildman–Crippen LogP) is 1.56. The van der Waals surface area contributed by atoms with Crippen LogP contribution in [-0.4, -0.2) is 26.1 Å². The molecule has 1 aliphatic rings. The first-order chi connectivity index (χ1) is 7.20. The van der Waals surface area contributed by atoms with Crippen LogP contribution in [0, 0.1) is 0 Å². The summed E-state index contributed by atoms with van der Waals surface area (Å²) in [6.45, 7) is 0.